The first kappa shape index (κ1) is 21.0. The van der Waals surface area contributed by atoms with E-state index in [1.165, 1.54) is 26.4 Å². The molecule has 0 aliphatic rings. The number of halogens is 1. The van der Waals surface area contributed by atoms with Crippen LogP contribution in [0.3, 0.4) is 0 Å². The van der Waals surface area contributed by atoms with Crippen LogP contribution in [-0.4, -0.2) is 28.5 Å². The van der Waals surface area contributed by atoms with Crippen molar-refractivity contribution in [2.45, 2.75) is 24.7 Å². The Morgan fingerprint density at radius 1 is 1.04 bits per heavy atom. The molecule has 0 aliphatic carbocycles. The van der Waals surface area contributed by atoms with Gasteiger partial charge < -0.3 is 14.8 Å². The average molecular weight is 457 g/mol. The molecule has 9 heteroatoms. The Kier molecular flexibility index (Phi) is 7.09. The van der Waals surface area contributed by atoms with Gasteiger partial charge >= 0.3 is 0 Å². The summed E-state index contributed by atoms with van der Waals surface area (Å²) >= 11 is 3.32. The largest absolute Gasteiger partial charge is 0.496 e. The minimum Gasteiger partial charge on any atom is -0.496 e. The molecule has 0 aliphatic heterocycles. The Balaban J connectivity index is 2.35. The quantitative estimate of drug-likeness (QED) is 0.625. The highest BCUT2D eigenvalue weighted by molar-refractivity contribution is 9.10. The molecule has 0 aromatic heterocycles. The third-order valence-electron chi connectivity index (χ3n) is 3.62. The second kappa shape index (κ2) is 9.09. The van der Waals surface area contributed by atoms with Gasteiger partial charge in [0, 0.05) is 12.1 Å². The summed E-state index contributed by atoms with van der Waals surface area (Å²) in [6.45, 7) is 1.89. The van der Waals surface area contributed by atoms with E-state index in [9.17, 15) is 13.2 Å². The number of hydrogen-bond donors (Lipinski definition) is 2. The van der Waals surface area contributed by atoms with Crippen molar-refractivity contribution in [2.24, 2.45) is 0 Å². The number of carbonyl (C=O) groups excluding carboxylic acids is 1. The smallest absolute Gasteiger partial charge is 0.265 e. The molecule has 2 aromatic carbocycles. The highest BCUT2D eigenvalue weighted by atomic mass is 79.9. The van der Waals surface area contributed by atoms with Crippen LogP contribution < -0.4 is 19.5 Å². The van der Waals surface area contributed by atoms with Gasteiger partial charge in [0.05, 0.1) is 24.4 Å². The molecule has 0 saturated heterocycles. The molecular formula is C18H21BrN2O5S. The molecule has 0 saturated carbocycles. The zero-order chi connectivity index (χ0) is 20.0. The first-order valence-corrected chi connectivity index (χ1v) is 10.4. The van der Waals surface area contributed by atoms with Crippen molar-refractivity contribution in [3.63, 3.8) is 0 Å². The third kappa shape index (κ3) is 5.36. The SMILES string of the molecule is CCCC(=O)Nc1ccc(OC)c(S(=O)(=O)Nc2ccc(OC)c(Br)c2)c1. The summed E-state index contributed by atoms with van der Waals surface area (Å²) in [4.78, 5) is 11.7. The van der Waals surface area contributed by atoms with E-state index in [0.29, 0.717) is 34.4 Å². The second-order valence-corrected chi connectivity index (χ2v) is 8.12. The molecule has 0 unspecified atom stereocenters. The number of sulfonamides is 1. The van der Waals surface area contributed by atoms with Crippen molar-refractivity contribution in [3.05, 3.63) is 40.9 Å². The molecule has 2 N–H and O–H groups in total. The minimum absolute atomic E-state index is 0.0776. The number of benzene rings is 2. The average Bonchev–Trinajstić information content (AvgIpc) is 2.61. The van der Waals surface area contributed by atoms with Gasteiger partial charge in [0.2, 0.25) is 5.91 Å². The number of rotatable bonds is 8. The molecule has 1 amide bonds. The fourth-order valence-electron chi connectivity index (χ4n) is 2.36. The Hall–Kier alpha value is -2.26. The van der Waals surface area contributed by atoms with Crippen LogP contribution >= 0.6 is 15.9 Å². The van der Waals surface area contributed by atoms with Crippen LogP contribution in [0.5, 0.6) is 11.5 Å². The monoisotopic (exact) mass is 456 g/mol. The van der Waals surface area contributed by atoms with E-state index in [1.54, 1.807) is 24.3 Å². The molecule has 146 valence electrons. The predicted octanol–water partition coefficient (Wildman–Crippen LogP) is 4.01. The normalized spacial score (nSPS) is 11.0. The van der Waals surface area contributed by atoms with Crippen molar-refractivity contribution < 1.29 is 22.7 Å². The number of methoxy groups -OCH3 is 2. The number of ether oxygens (including phenoxy) is 2. The fraction of sp³-hybridized carbons (Fsp3) is 0.278. The topological polar surface area (TPSA) is 93.7 Å². The summed E-state index contributed by atoms with van der Waals surface area (Å²) in [7, 11) is -1.05. The second-order valence-electron chi connectivity index (χ2n) is 5.62. The lowest BCUT2D eigenvalue weighted by Gasteiger charge is -2.14. The van der Waals surface area contributed by atoms with Gasteiger partial charge in [0.1, 0.15) is 16.4 Å². The molecule has 27 heavy (non-hydrogen) atoms. The Morgan fingerprint density at radius 2 is 1.67 bits per heavy atom. The van der Waals surface area contributed by atoms with Crippen LogP contribution in [0.1, 0.15) is 19.8 Å². The molecule has 0 radical (unpaired) electrons. The maximum absolute atomic E-state index is 12.9. The maximum Gasteiger partial charge on any atom is 0.265 e. The predicted molar refractivity (Wildman–Crippen MR) is 108 cm³/mol. The standard InChI is InChI=1S/C18H21BrN2O5S/c1-4-5-18(22)20-12-6-9-16(26-3)17(11-12)27(23,24)21-13-7-8-15(25-2)14(19)10-13/h6-11,21H,4-5H2,1-3H3,(H,20,22). The number of amides is 1. The number of anilines is 2. The lowest BCUT2D eigenvalue weighted by Crippen LogP contribution is -2.16. The number of nitrogens with one attached hydrogen (secondary N) is 2. The molecule has 0 atom stereocenters. The first-order valence-electron chi connectivity index (χ1n) is 8.15. The van der Waals surface area contributed by atoms with E-state index in [2.05, 4.69) is 26.0 Å². The van der Waals surface area contributed by atoms with Crippen LogP contribution in [0.15, 0.2) is 45.8 Å². The molecule has 2 aromatic rings. The van der Waals surface area contributed by atoms with Gasteiger partial charge in [-0.3, -0.25) is 9.52 Å². The highest BCUT2D eigenvalue weighted by Crippen LogP contribution is 2.32. The third-order valence-corrected chi connectivity index (χ3v) is 5.64. The van der Waals surface area contributed by atoms with Crippen molar-refractivity contribution in [1.29, 1.82) is 0 Å². The summed E-state index contributed by atoms with van der Waals surface area (Å²) in [5.74, 6) is 0.567. The summed E-state index contributed by atoms with van der Waals surface area (Å²) < 4.78 is 39.1. The van der Waals surface area contributed by atoms with Crippen molar-refractivity contribution >= 4 is 43.2 Å². The number of carbonyl (C=O) groups is 1. The minimum atomic E-state index is -3.95. The van der Waals surface area contributed by atoms with Crippen LogP contribution in [0.2, 0.25) is 0 Å². The lowest BCUT2D eigenvalue weighted by molar-refractivity contribution is -0.116. The van der Waals surface area contributed by atoms with Gasteiger partial charge in [-0.25, -0.2) is 8.42 Å². The van der Waals surface area contributed by atoms with Gasteiger partial charge in [-0.1, -0.05) is 6.92 Å². The zero-order valence-electron chi connectivity index (χ0n) is 15.2. The van der Waals surface area contributed by atoms with E-state index in [4.69, 9.17) is 9.47 Å². The van der Waals surface area contributed by atoms with Gasteiger partial charge in [0.15, 0.2) is 0 Å². The van der Waals surface area contributed by atoms with Crippen LogP contribution in [-0.2, 0) is 14.8 Å². The van der Waals surface area contributed by atoms with Crippen molar-refractivity contribution in [3.8, 4) is 11.5 Å². The van der Waals surface area contributed by atoms with Crippen molar-refractivity contribution in [1.82, 2.24) is 0 Å². The Labute approximate surface area is 167 Å². The van der Waals surface area contributed by atoms with Gasteiger partial charge in [-0.05, 0) is 58.7 Å². The van der Waals surface area contributed by atoms with Gasteiger partial charge in [-0.2, -0.15) is 0 Å². The fourth-order valence-corrected chi connectivity index (χ4v) is 4.14. The summed E-state index contributed by atoms with van der Waals surface area (Å²) in [5, 5.41) is 2.68. The summed E-state index contributed by atoms with van der Waals surface area (Å²) in [5.41, 5.74) is 0.732. The molecular weight excluding hydrogens is 436 g/mol. The van der Waals surface area contributed by atoms with Gasteiger partial charge in [0.25, 0.3) is 10.0 Å². The van der Waals surface area contributed by atoms with E-state index in [1.807, 2.05) is 6.92 Å². The van der Waals surface area contributed by atoms with E-state index in [0.717, 1.165) is 0 Å². The summed E-state index contributed by atoms with van der Waals surface area (Å²) in [6, 6.07) is 9.28. The van der Waals surface area contributed by atoms with E-state index >= 15 is 0 Å². The highest BCUT2D eigenvalue weighted by Gasteiger charge is 2.21. The van der Waals surface area contributed by atoms with Crippen molar-refractivity contribution in [2.75, 3.05) is 24.3 Å². The Bertz CT molecular complexity index is 931. The zero-order valence-corrected chi connectivity index (χ0v) is 17.6. The van der Waals surface area contributed by atoms with E-state index in [-0.39, 0.29) is 16.6 Å². The number of hydrogen-bond acceptors (Lipinski definition) is 5. The van der Waals surface area contributed by atoms with Crippen LogP contribution in [0, 0.1) is 0 Å². The summed E-state index contributed by atoms with van der Waals surface area (Å²) in [6.07, 6.45) is 1.05. The molecule has 7 nitrogen and oxygen atoms in total. The molecule has 0 bridgehead atoms. The lowest BCUT2D eigenvalue weighted by atomic mass is 10.2. The van der Waals surface area contributed by atoms with Crippen LogP contribution in [0.25, 0.3) is 0 Å². The van der Waals surface area contributed by atoms with E-state index < -0.39 is 10.0 Å². The molecule has 0 spiro atoms. The first-order chi connectivity index (χ1) is 12.8. The van der Waals surface area contributed by atoms with Gasteiger partial charge in [-0.15, -0.1) is 0 Å². The van der Waals surface area contributed by atoms with Crippen LogP contribution in [0.4, 0.5) is 11.4 Å². The molecule has 0 fully saturated rings. The Morgan fingerprint density at radius 3 is 2.26 bits per heavy atom. The maximum atomic E-state index is 12.9. The molecule has 2 rings (SSSR count). The molecule has 0 heterocycles.